The molecule has 7 nitrogen and oxygen atoms in total. The number of halogens is 1. The maximum Gasteiger partial charge on any atom is 0.251 e. The lowest BCUT2D eigenvalue weighted by atomic mass is 10.2. The van der Waals surface area contributed by atoms with Gasteiger partial charge >= 0.3 is 0 Å². The van der Waals surface area contributed by atoms with E-state index in [1.807, 2.05) is 0 Å². The van der Waals surface area contributed by atoms with Crippen LogP contribution in [0.2, 0.25) is 0 Å². The molecule has 0 spiro atoms. The highest BCUT2D eigenvalue weighted by Gasteiger charge is 2.24. The minimum Gasteiger partial charge on any atom is -0.366 e. The van der Waals surface area contributed by atoms with Crippen LogP contribution in [0, 0.1) is 5.82 Å². The molecule has 2 aromatic heterocycles. The molecular formula is C20H19FN6O. The average molecular weight is 378 g/mol. The quantitative estimate of drug-likeness (QED) is 0.585. The number of aromatic nitrogens is 3. The Morgan fingerprint density at radius 3 is 2.57 bits per heavy atom. The van der Waals surface area contributed by atoms with Gasteiger partial charge in [-0.25, -0.2) is 14.4 Å². The molecule has 1 aromatic carbocycles. The summed E-state index contributed by atoms with van der Waals surface area (Å²) in [7, 11) is 0. The molecule has 1 aliphatic carbocycles. The summed E-state index contributed by atoms with van der Waals surface area (Å²) in [6.45, 7) is 0.450. The summed E-state index contributed by atoms with van der Waals surface area (Å²) in [6.07, 6.45) is 6.74. The van der Waals surface area contributed by atoms with Gasteiger partial charge in [0.2, 0.25) is 0 Å². The second-order valence-electron chi connectivity index (χ2n) is 6.57. The Balaban J connectivity index is 1.55. The highest BCUT2D eigenvalue weighted by Crippen LogP contribution is 2.22. The number of nitrogens with one attached hydrogen (secondary N) is 3. The SMILES string of the molecule is O=C(NC1CC1)c1cc(NCc2ccc(F)cc2)nc(Nc2cnccn2)c1. The van der Waals surface area contributed by atoms with E-state index in [0.29, 0.717) is 29.6 Å². The van der Waals surface area contributed by atoms with Crippen molar-refractivity contribution in [1.29, 1.82) is 0 Å². The summed E-state index contributed by atoms with van der Waals surface area (Å²) < 4.78 is 13.1. The predicted molar refractivity (Wildman–Crippen MR) is 104 cm³/mol. The number of rotatable bonds is 7. The second kappa shape index (κ2) is 7.99. The minimum atomic E-state index is -0.281. The summed E-state index contributed by atoms with van der Waals surface area (Å²) in [5, 5.41) is 9.22. The number of nitrogens with zero attached hydrogens (tertiary/aromatic N) is 3. The number of benzene rings is 1. The van der Waals surface area contributed by atoms with E-state index in [0.717, 1.165) is 18.4 Å². The largest absolute Gasteiger partial charge is 0.366 e. The van der Waals surface area contributed by atoms with E-state index >= 15 is 0 Å². The first-order valence-electron chi connectivity index (χ1n) is 9.00. The molecule has 2 heterocycles. The van der Waals surface area contributed by atoms with Crippen LogP contribution in [0.25, 0.3) is 0 Å². The van der Waals surface area contributed by atoms with Gasteiger partial charge in [-0.1, -0.05) is 12.1 Å². The highest BCUT2D eigenvalue weighted by atomic mass is 19.1. The average Bonchev–Trinajstić information content (AvgIpc) is 3.52. The van der Waals surface area contributed by atoms with Crippen molar-refractivity contribution in [2.45, 2.75) is 25.4 Å². The molecule has 1 amide bonds. The second-order valence-corrected chi connectivity index (χ2v) is 6.57. The number of carbonyl (C=O) groups excluding carboxylic acids is 1. The molecule has 28 heavy (non-hydrogen) atoms. The first-order valence-corrected chi connectivity index (χ1v) is 9.00. The van der Waals surface area contributed by atoms with Crippen molar-refractivity contribution in [3.63, 3.8) is 0 Å². The van der Waals surface area contributed by atoms with Crippen molar-refractivity contribution in [1.82, 2.24) is 20.3 Å². The fourth-order valence-electron chi connectivity index (χ4n) is 2.60. The van der Waals surface area contributed by atoms with Crippen LogP contribution in [0.5, 0.6) is 0 Å². The Labute approximate surface area is 161 Å². The number of hydrogen-bond acceptors (Lipinski definition) is 6. The smallest absolute Gasteiger partial charge is 0.251 e. The van der Waals surface area contributed by atoms with Crippen LogP contribution >= 0.6 is 0 Å². The summed E-state index contributed by atoms with van der Waals surface area (Å²) in [4.78, 5) is 25.2. The van der Waals surface area contributed by atoms with Crippen LogP contribution in [0.4, 0.5) is 21.8 Å². The normalized spacial score (nSPS) is 13.0. The first kappa shape index (κ1) is 17.8. The lowest BCUT2D eigenvalue weighted by molar-refractivity contribution is 0.0951. The number of hydrogen-bond donors (Lipinski definition) is 3. The van der Waals surface area contributed by atoms with Crippen molar-refractivity contribution in [3.05, 3.63) is 71.9 Å². The molecule has 8 heteroatoms. The van der Waals surface area contributed by atoms with Crippen molar-refractivity contribution in [2.75, 3.05) is 10.6 Å². The molecule has 0 bridgehead atoms. The molecule has 1 fully saturated rings. The maximum atomic E-state index is 13.1. The molecule has 0 radical (unpaired) electrons. The summed E-state index contributed by atoms with van der Waals surface area (Å²) in [6, 6.07) is 9.84. The third-order valence-electron chi connectivity index (χ3n) is 4.21. The van der Waals surface area contributed by atoms with Gasteiger partial charge in [-0.05, 0) is 42.7 Å². The van der Waals surface area contributed by atoms with Gasteiger partial charge in [0.1, 0.15) is 23.3 Å². The molecule has 1 saturated carbocycles. The zero-order valence-electron chi connectivity index (χ0n) is 15.0. The molecule has 3 aromatic rings. The van der Waals surface area contributed by atoms with E-state index in [-0.39, 0.29) is 17.8 Å². The Morgan fingerprint density at radius 2 is 1.86 bits per heavy atom. The number of anilines is 3. The van der Waals surface area contributed by atoms with E-state index in [4.69, 9.17) is 0 Å². The van der Waals surface area contributed by atoms with Gasteiger partial charge in [-0.15, -0.1) is 0 Å². The topological polar surface area (TPSA) is 91.8 Å². The molecular weight excluding hydrogens is 359 g/mol. The van der Waals surface area contributed by atoms with Gasteiger partial charge in [-0.2, -0.15) is 0 Å². The van der Waals surface area contributed by atoms with Gasteiger partial charge in [0.05, 0.1) is 6.20 Å². The van der Waals surface area contributed by atoms with Gasteiger partial charge in [-0.3, -0.25) is 9.78 Å². The van der Waals surface area contributed by atoms with Crippen LogP contribution < -0.4 is 16.0 Å². The highest BCUT2D eigenvalue weighted by molar-refractivity contribution is 5.96. The molecule has 142 valence electrons. The lowest BCUT2D eigenvalue weighted by Gasteiger charge is -2.12. The molecule has 0 saturated heterocycles. The van der Waals surface area contributed by atoms with Crippen LogP contribution in [0.3, 0.4) is 0 Å². The van der Waals surface area contributed by atoms with Crippen molar-refractivity contribution >= 4 is 23.4 Å². The van der Waals surface area contributed by atoms with Crippen molar-refractivity contribution < 1.29 is 9.18 Å². The molecule has 4 rings (SSSR count). The van der Waals surface area contributed by atoms with Crippen LogP contribution in [0.1, 0.15) is 28.8 Å². The van der Waals surface area contributed by atoms with Crippen molar-refractivity contribution in [2.24, 2.45) is 0 Å². The fourth-order valence-corrected chi connectivity index (χ4v) is 2.60. The third kappa shape index (κ3) is 4.79. The Morgan fingerprint density at radius 1 is 1.07 bits per heavy atom. The summed E-state index contributed by atoms with van der Waals surface area (Å²) >= 11 is 0. The number of pyridine rings is 1. The monoisotopic (exact) mass is 378 g/mol. The van der Waals surface area contributed by atoms with Gasteiger partial charge < -0.3 is 16.0 Å². The standard InChI is InChI=1S/C20H19FN6O/c21-15-3-1-13(2-4-15)11-24-17-9-14(20(28)25-16-5-6-16)10-18(26-17)27-19-12-22-7-8-23-19/h1-4,7-10,12,16H,5-6,11H2,(H,25,28)(H2,23,24,26,27). The van der Waals surface area contributed by atoms with E-state index in [1.165, 1.54) is 12.1 Å². The van der Waals surface area contributed by atoms with Crippen LogP contribution in [-0.4, -0.2) is 26.9 Å². The number of carbonyl (C=O) groups is 1. The zero-order chi connectivity index (χ0) is 19.3. The molecule has 3 N–H and O–H groups in total. The third-order valence-corrected chi connectivity index (χ3v) is 4.21. The first-order chi connectivity index (χ1) is 13.7. The summed E-state index contributed by atoms with van der Waals surface area (Å²) in [5.41, 5.74) is 1.40. The van der Waals surface area contributed by atoms with E-state index < -0.39 is 0 Å². The van der Waals surface area contributed by atoms with E-state index in [9.17, 15) is 9.18 Å². The number of amides is 1. The molecule has 0 unspecified atom stereocenters. The predicted octanol–water partition coefficient (Wildman–Crippen LogP) is 3.26. The van der Waals surface area contributed by atoms with Crippen LogP contribution in [0.15, 0.2) is 55.0 Å². The van der Waals surface area contributed by atoms with Crippen molar-refractivity contribution in [3.8, 4) is 0 Å². The lowest BCUT2D eigenvalue weighted by Crippen LogP contribution is -2.25. The van der Waals surface area contributed by atoms with Gasteiger partial charge in [0.15, 0.2) is 0 Å². The maximum absolute atomic E-state index is 13.1. The van der Waals surface area contributed by atoms with E-state index in [1.54, 1.807) is 42.9 Å². The minimum absolute atomic E-state index is 0.142. The van der Waals surface area contributed by atoms with Gasteiger partial charge in [0.25, 0.3) is 5.91 Å². The Hall–Kier alpha value is -3.55. The molecule has 0 aliphatic heterocycles. The summed E-state index contributed by atoms with van der Waals surface area (Å²) in [5.74, 6) is 1.11. The van der Waals surface area contributed by atoms with Crippen LogP contribution in [-0.2, 0) is 6.54 Å². The molecule has 1 aliphatic rings. The fraction of sp³-hybridized carbons (Fsp3) is 0.200. The molecule has 0 atom stereocenters. The van der Waals surface area contributed by atoms with Gasteiger partial charge in [0, 0.05) is 30.5 Å². The zero-order valence-corrected chi connectivity index (χ0v) is 15.0. The Bertz CT molecular complexity index is 960. The van der Waals surface area contributed by atoms with E-state index in [2.05, 4.69) is 30.9 Å². The Kier molecular flexibility index (Phi) is 5.09.